The zero-order chi connectivity index (χ0) is 18.5. The molecule has 26 heavy (non-hydrogen) atoms. The molecule has 0 bridgehead atoms. The van der Waals surface area contributed by atoms with E-state index in [2.05, 4.69) is 20.6 Å². The monoisotopic (exact) mass is 343 g/mol. The fourth-order valence-electron chi connectivity index (χ4n) is 2.38. The van der Waals surface area contributed by atoms with E-state index in [9.17, 15) is 4.79 Å². The lowest BCUT2D eigenvalue weighted by Crippen LogP contribution is -2.14. The summed E-state index contributed by atoms with van der Waals surface area (Å²) in [4.78, 5) is 20.6. The third kappa shape index (κ3) is 4.02. The van der Waals surface area contributed by atoms with Crippen LogP contribution in [-0.4, -0.2) is 15.9 Å². The van der Waals surface area contributed by atoms with Gasteiger partial charge in [-0.25, -0.2) is 9.97 Å². The van der Waals surface area contributed by atoms with Gasteiger partial charge in [0.1, 0.15) is 17.8 Å². The van der Waals surface area contributed by atoms with Crippen molar-refractivity contribution in [3.8, 4) is 6.07 Å². The van der Waals surface area contributed by atoms with Crippen molar-refractivity contribution in [1.82, 2.24) is 9.97 Å². The van der Waals surface area contributed by atoms with Crippen LogP contribution in [0.5, 0.6) is 0 Å². The largest absolute Gasteiger partial charge is 0.340 e. The van der Waals surface area contributed by atoms with Crippen molar-refractivity contribution >= 4 is 23.1 Å². The van der Waals surface area contributed by atoms with Crippen molar-refractivity contribution in [3.05, 3.63) is 77.2 Å². The Morgan fingerprint density at radius 3 is 2.54 bits per heavy atom. The summed E-state index contributed by atoms with van der Waals surface area (Å²) in [5.74, 6) is 0.194. The maximum atomic E-state index is 12.4. The van der Waals surface area contributed by atoms with Crippen molar-refractivity contribution in [2.24, 2.45) is 0 Å². The Kier molecular flexibility index (Phi) is 4.90. The fourth-order valence-corrected chi connectivity index (χ4v) is 2.38. The molecular weight excluding hydrogens is 326 g/mol. The molecule has 2 N–H and O–H groups in total. The molecule has 0 saturated carbocycles. The highest BCUT2D eigenvalue weighted by Crippen LogP contribution is 2.21. The summed E-state index contributed by atoms with van der Waals surface area (Å²) in [7, 11) is 0. The van der Waals surface area contributed by atoms with Crippen LogP contribution in [0.25, 0.3) is 0 Å². The van der Waals surface area contributed by atoms with Crippen molar-refractivity contribution in [2.45, 2.75) is 13.8 Å². The highest BCUT2D eigenvalue weighted by Gasteiger charge is 2.10. The SMILES string of the molecule is Cc1ccc(C)c(Nc2cc(C(=O)Nc3ccc(C#N)cc3)ncn2)c1. The van der Waals surface area contributed by atoms with Crippen molar-refractivity contribution < 1.29 is 4.79 Å². The lowest BCUT2D eigenvalue weighted by atomic mass is 10.1. The van der Waals surface area contributed by atoms with Crippen LogP contribution in [0.1, 0.15) is 27.2 Å². The molecule has 0 radical (unpaired) electrons. The van der Waals surface area contributed by atoms with E-state index in [-0.39, 0.29) is 11.6 Å². The highest BCUT2D eigenvalue weighted by atomic mass is 16.1. The molecule has 6 heteroatoms. The Morgan fingerprint density at radius 1 is 1.04 bits per heavy atom. The van der Waals surface area contributed by atoms with Crippen molar-refractivity contribution in [1.29, 1.82) is 5.26 Å². The first kappa shape index (κ1) is 17.1. The second-order valence-electron chi connectivity index (χ2n) is 5.88. The van der Waals surface area contributed by atoms with E-state index in [0.717, 1.165) is 16.8 Å². The number of hydrogen-bond acceptors (Lipinski definition) is 5. The average molecular weight is 343 g/mol. The molecule has 0 saturated heterocycles. The van der Waals surface area contributed by atoms with Gasteiger partial charge in [-0.05, 0) is 55.3 Å². The van der Waals surface area contributed by atoms with Gasteiger partial charge in [0.2, 0.25) is 0 Å². The second kappa shape index (κ2) is 7.45. The molecule has 0 fully saturated rings. The molecule has 3 aromatic rings. The van der Waals surface area contributed by atoms with Crippen molar-refractivity contribution in [2.75, 3.05) is 10.6 Å². The molecule has 2 aromatic carbocycles. The Labute approximate surface area is 151 Å². The maximum Gasteiger partial charge on any atom is 0.274 e. The summed E-state index contributed by atoms with van der Waals surface area (Å²) in [5.41, 5.74) is 4.52. The minimum Gasteiger partial charge on any atom is -0.340 e. The molecule has 6 nitrogen and oxygen atoms in total. The third-order valence-electron chi connectivity index (χ3n) is 3.83. The number of carbonyl (C=O) groups excluding carboxylic acids is 1. The smallest absolute Gasteiger partial charge is 0.274 e. The summed E-state index contributed by atoms with van der Waals surface area (Å²) >= 11 is 0. The Hall–Kier alpha value is -3.72. The Balaban J connectivity index is 1.76. The van der Waals surface area contributed by atoms with E-state index in [1.807, 2.05) is 38.1 Å². The van der Waals surface area contributed by atoms with Gasteiger partial charge in [0.15, 0.2) is 0 Å². The summed E-state index contributed by atoms with van der Waals surface area (Å²) < 4.78 is 0. The van der Waals surface area contributed by atoms with Gasteiger partial charge in [-0.3, -0.25) is 4.79 Å². The summed E-state index contributed by atoms with van der Waals surface area (Å²) in [6.07, 6.45) is 1.35. The number of hydrogen-bond donors (Lipinski definition) is 2. The topological polar surface area (TPSA) is 90.7 Å². The standard InChI is InChI=1S/C20H17N5O/c1-13-3-4-14(2)17(9-13)25-19-10-18(22-12-23-19)20(26)24-16-7-5-15(11-21)6-8-16/h3-10,12H,1-2H3,(H,24,26)(H,22,23,25). The number of nitrogens with one attached hydrogen (secondary N) is 2. The average Bonchev–Trinajstić information content (AvgIpc) is 2.65. The minimum absolute atomic E-state index is 0.247. The molecule has 0 unspecified atom stereocenters. The van der Waals surface area contributed by atoms with Crippen LogP contribution < -0.4 is 10.6 Å². The van der Waals surface area contributed by atoms with Crippen LogP contribution in [0.2, 0.25) is 0 Å². The second-order valence-corrected chi connectivity index (χ2v) is 5.88. The third-order valence-corrected chi connectivity index (χ3v) is 3.83. The lowest BCUT2D eigenvalue weighted by molar-refractivity contribution is 0.102. The van der Waals surface area contributed by atoms with E-state index in [0.29, 0.717) is 17.1 Å². The van der Waals surface area contributed by atoms with Crippen LogP contribution in [-0.2, 0) is 0 Å². The molecule has 1 amide bonds. The molecule has 3 rings (SSSR count). The highest BCUT2D eigenvalue weighted by molar-refractivity contribution is 6.03. The number of amides is 1. The number of aromatic nitrogens is 2. The van der Waals surface area contributed by atoms with E-state index >= 15 is 0 Å². The molecule has 0 spiro atoms. The lowest BCUT2D eigenvalue weighted by Gasteiger charge is -2.10. The zero-order valence-electron chi connectivity index (χ0n) is 14.4. The van der Waals surface area contributed by atoms with Gasteiger partial charge >= 0.3 is 0 Å². The number of rotatable bonds is 4. The molecule has 1 aromatic heterocycles. The zero-order valence-corrected chi connectivity index (χ0v) is 14.4. The van der Waals surface area contributed by atoms with Crippen LogP contribution in [0.4, 0.5) is 17.2 Å². The number of benzene rings is 2. The maximum absolute atomic E-state index is 12.4. The van der Waals surface area contributed by atoms with E-state index in [1.54, 1.807) is 30.3 Å². The summed E-state index contributed by atoms with van der Waals surface area (Å²) in [6.45, 7) is 4.02. The molecular formula is C20H17N5O. The van der Waals surface area contributed by atoms with Gasteiger partial charge in [-0.15, -0.1) is 0 Å². The fraction of sp³-hybridized carbons (Fsp3) is 0.100. The van der Waals surface area contributed by atoms with Gasteiger partial charge in [0, 0.05) is 17.4 Å². The Bertz CT molecular complexity index is 990. The van der Waals surface area contributed by atoms with Gasteiger partial charge in [-0.2, -0.15) is 5.26 Å². The predicted molar refractivity (Wildman–Crippen MR) is 100 cm³/mol. The molecule has 0 aliphatic heterocycles. The van der Waals surface area contributed by atoms with Gasteiger partial charge in [0.05, 0.1) is 11.6 Å². The normalized spacial score (nSPS) is 10.0. The molecule has 128 valence electrons. The quantitative estimate of drug-likeness (QED) is 0.748. The summed E-state index contributed by atoms with van der Waals surface area (Å²) in [6, 6.07) is 16.4. The van der Waals surface area contributed by atoms with Crippen LogP contribution in [0.3, 0.4) is 0 Å². The van der Waals surface area contributed by atoms with Crippen LogP contribution >= 0.6 is 0 Å². The van der Waals surface area contributed by atoms with Crippen LogP contribution in [0, 0.1) is 25.2 Å². The Morgan fingerprint density at radius 2 is 1.81 bits per heavy atom. The van der Waals surface area contributed by atoms with Crippen molar-refractivity contribution in [3.63, 3.8) is 0 Å². The summed E-state index contributed by atoms with van der Waals surface area (Å²) in [5, 5.41) is 14.8. The first-order valence-electron chi connectivity index (χ1n) is 8.03. The number of anilines is 3. The number of carbonyl (C=O) groups is 1. The van der Waals surface area contributed by atoms with Gasteiger partial charge < -0.3 is 10.6 Å². The van der Waals surface area contributed by atoms with E-state index in [1.165, 1.54) is 6.33 Å². The molecule has 1 heterocycles. The number of nitrogens with zero attached hydrogens (tertiary/aromatic N) is 3. The van der Waals surface area contributed by atoms with E-state index < -0.39 is 0 Å². The molecule has 0 aliphatic carbocycles. The van der Waals surface area contributed by atoms with Gasteiger partial charge in [-0.1, -0.05) is 12.1 Å². The molecule has 0 atom stereocenters. The van der Waals surface area contributed by atoms with Gasteiger partial charge in [0.25, 0.3) is 5.91 Å². The van der Waals surface area contributed by atoms with Crippen LogP contribution in [0.15, 0.2) is 54.9 Å². The number of nitriles is 1. The minimum atomic E-state index is -0.346. The first-order valence-corrected chi connectivity index (χ1v) is 8.03. The number of aryl methyl sites for hydroxylation is 2. The molecule has 0 aliphatic rings. The first-order chi connectivity index (χ1) is 12.5. The predicted octanol–water partition coefficient (Wildman–Crippen LogP) is 3.96. The van der Waals surface area contributed by atoms with E-state index in [4.69, 9.17) is 5.26 Å².